The number of benzene rings is 1. The summed E-state index contributed by atoms with van der Waals surface area (Å²) in [6.45, 7) is 6.03. The van der Waals surface area contributed by atoms with Gasteiger partial charge in [-0.05, 0) is 50.4 Å². The molecule has 0 aliphatic carbocycles. The molecule has 2 fully saturated rings. The number of hydrogen-bond donors (Lipinski definition) is 2. The Hall–Kier alpha value is -1.04. The third kappa shape index (κ3) is 3.16. The second kappa shape index (κ2) is 7.02. The van der Waals surface area contributed by atoms with Gasteiger partial charge in [0, 0.05) is 30.6 Å². The predicted molar refractivity (Wildman–Crippen MR) is 83.5 cm³/mol. The van der Waals surface area contributed by atoms with Crippen LogP contribution in [0.25, 0.3) is 0 Å². The molecule has 3 atom stereocenters. The highest BCUT2D eigenvalue weighted by atomic mass is 19.1. The van der Waals surface area contributed by atoms with Gasteiger partial charge >= 0.3 is 0 Å². The zero-order valence-corrected chi connectivity index (χ0v) is 13.1. The molecule has 2 aliphatic rings. The number of nitrogens with one attached hydrogen (secondary N) is 2. The number of halogens is 2. The van der Waals surface area contributed by atoms with Crippen molar-refractivity contribution >= 4 is 0 Å². The van der Waals surface area contributed by atoms with Crippen LogP contribution in [0.1, 0.15) is 37.7 Å². The van der Waals surface area contributed by atoms with E-state index in [1.165, 1.54) is 18.2 Å². The predicted octanol–water partition coefficient (Wildman–Crippen LogP) is 2.65. The van der Waals surface area contributed by atoms with Gasteiger partial charge in [0.1, 0.15) is 11.6 Å². The molecule has 3 nitrogen and oxygen atoms in total. The summed E-state index contributed by atoms with van der Waals surface area (Å²) < 4.78 is 28.3. The minimum absolute atomic E-state index is 0.0889. The van der Waals surface area contributed by atoms with Crippen molar-refractivity contribution in [1.29, 1.82) is 0 Å². The van der Waals surface area contributed by atoms with Crippen LogP contribution >= 0.6 is 0 Å². The maximum Gasteiger partial charge on any atom is 0.129 e. The first-order chi connectivity index (χ1) is 10.7. The van der Waals surface area contributed by atoms with Crippen LogP contribution in [0.3, 0.4) is 0 Å². The van der Waals surface area contributed by atoms with Crippen LogP contribution < -0.4 is 10.9 Å². The first-order valence-corrected chi connectivity index (χ1v) is 8.35. The summed E-state index contributed by atoms with van der Waals surface area (Å²) in [4.78, 5) is 2.48. The van der Waals surface area contributed by atoms with Crippen molar-refractivity contribution in [2.75, 3.05) is 26.2 Å². The Morgan fingerprint density at radius 3 is 2.77 bits per heavy atom. The van der Waals surface area contributed by atoms with Crippen molar-refractivity contribution in [2.45, 2.75) is 38.1 Å². The quantitative estimate of drug-likeness (QED) is 0.895. The maximum atomic E-state index is 14.1. The molecule has 2 heterocycles. The lowest BCUT2D eigenvalue weighted by molar-refractivity contribution is 0.145. The largest absolute Gasteiger partial charge is 0.303 e. The van der Waals surface area contributed by atoms with Crippen LogP contribution in [-0.2, 0) is 0 Å². The summed E-state index contributed by atoms with van der Waals surface area (Å²) in [7, 11) is 0. The Morgan fingerprint density at radius 2 is 2.05 bits per heavy atom. The number of nitrogens with zero attached hydrogens (tertiary/aromatic N) is 1. The number of hydrazine groups is 1. The molecule has 3 rings (SSSR count). The number of hydrogen-bond acceptors (Lipinski definition) is 3. The summed E-state index contributed by atoms with van der Waals surface area (Å²) in [5.41, 5.74) is 6.63. The van der Waals surface area contributed by atoms with E-state index in [2.05, 4.69) is 22.7 Å². The lowest BCUT2D eigenvalue weighted by Gasteiger charge is -2.37. The zero-order chi connectivity index (χ0) is 15.5. The second-order valence-corrected chi connectivity index (χ2v) is 6.50. The van der Waals surface area contributed by atoms with Gasteiger partial charge < -0.3 is 4.90 Å². The average molecular weight is 309 g/mol. The summed E-state index contributed by atoms with van der Waals surface area (Å²) in [6, 6.07) is 4.24. The van der Waals surface area contributed by atoms with E-state index in [9.17, 15) is 8.78 Å². The molecule has 0 spiro atoms. The fourth-order valence-electron chi connectivity index (χ4n) is 4.01. The number of rotatable bonds is 4. The van der Waals surface area contributed by atoms with Gasteiger partial charge in [-0.1, -0.05) is 13.0 Å². The molecule has 2 N–H and O–H groups in total. The molecule has 2 saturated heterocycles. The Kier molecular flexibility index (Phi) is 5.06. The molecule has 3 unspecified atom stereocenters. The molecule has 2 aliphatic heterocycles. The third-order valence-electron chi connectivity index (χ3n) is 4.98. The Morgan fingerprint density at radius 1 is 1.27 bits per heavy atom. The van der Waals surface area contributed by atoms with Crippen LogP contribution in [0.15, 0.2) is 18.2 Å². The van der Waals surface area contributed by atoms with E-state index in [1.54, 1.807) is 0 Å². The van der Waals surface area contributed by atoms with Gasteiger partial charge in [-0.2, -0.15) is 0 Å². The summed E-state index contributed by atoms with van der Waals surface area (Å²) in [5.74, 6) is -0.574. The standard InChI is InChI=1S/C17H25F2N3/c1-2-8-22-9-4-5-12(11-22)17-13(10-20-21-17)16-14(18)6-3-7-15(16)19/h3,6-7,12-13,17,20-21H,2,4-5,8-11H2,1H3. The molecule has 0 aromatic heterocycles. The molecule has 1 aromatic carbocycles. The first-order valence-electron chi connectivity index (χ1n) is 8.35. The lowest BCUT2D eigenvalue weighted by Crippen LogP contribution is -2.46. The zero-order valence-electron chi connectivity index (χ0n) is 13.1. The molecule has 0 saturated carbocycles. The molecular weight excluding hydrogens is 284 g/mol. The molecule has 0 amide bonds. The fourth-order valence-corrected chi connectivity index (χ4v) is 4.01. The number of piperidine rings is 1. The minimum Gasteiger partial charge on any atom is -0.303 e. The molecule has 0 bridgehead atoms. The van der Waals surface area contributed by atoms with Crippen LogP contribution in [-0.4, -0.2) is 37.1 Å². The normalized spacial score (nSPS) is 29.9. The third-order valence-corrected chi connectivity index (χ3v) is 4.98. The van der Waals surface area contributed by atoms with Gasteiger partial charge in [-0.15, -0.1) is 0 Å². The van der Waals surface area contributed by atoms with Crippen molar-refractivity contribution in [3.63, 3.8) is 0 Å². The highest BCUT2D eigenvalue weighted by Gasteiger charge is 2.38. The Balaban J connectivity index is 1.78. The second-order valence-electron chi connectivity index (χ2n) is 6.50. The van der Waals surface area contributed by atoms with Crippen molar-refractivity contribution in [3.8, 4) is 0 Å². The van der Waals surface area contributed by atoms with E-state index < -0.39 is 11.6 Å². The minimum atomic E-state index is -0.429. The van der Waals surface area contributed by atoms with Crippen molar-refractivity contribution in [3.05, 3.63) is 35.4 Å². The van der Waals surface area contributed by atoms with Crippen molar-refractivity contribution < 1.29 is 8.78 Å². The van der Waals surface area contributed by atoms with Crippen LogP contribution in [0.2, 0.25) is 0 Å². The summed E-state index contributed by atoms with van der Waals surface area (Å²) in [6.07, 6.45) is 3.43. The van der Waals surface area contributed by atoms with E-state index in [4.69, 9.17) is 0 Å². The molecule has 22 heavy (non-hydrogen) atoms. The topological polar surface area (TPSA) is 27.3 Å². The Bertz CT molecular complexity index is 486. The van der Waals surface area contributed by atoms with Gasteiger partial charge in [-0.3, -0.25) is 10.9 Å². The highest BCUT2D eigenvalue weighted by molar-refractivity contribution is 5.27. The van der Waals surface area contributed by atoms with Crippen LogP contribution in [0, 0.1) is 17.6 Å². The van der Waals surface area contributed by atoms with Crippen LogP contribution in [0.4, 0.5) is 8.78 Å². The average Bonchev–Trinajstić information content (AvgIpc) is 2.97. The van der Waals surface area contributed by atoms with Crippen molar-refractivity contribution in [1.82, 2.24) is 15.8 Å². The van der Waals surface area contributed by atoms with Gasteiger partial charge in [0.05, 0.1) is 0 Å². The number of likely N-dealkylation sites (tertiary alicyclic amines) is 1. The first kappa shape index (κ1) is 15.8. The smallest absolute Gasteiger partial charge is 0.129 e. The van der Waals surface area contributed by atoms with E-state index in [0.29, 0.717) is 12.5 Å². The van der Waals surface area contributed by atoms with E-state index in [-0.39, 0.29) is 17.5 Å². The SMILES string of the molecule is CCCN1CCCC(C2NNCC2c2c(F)cccc2F)C1. The summed E-state index contributed by atoms with van der Waals surface area (Å²) >= 11 is 0. The van der Waals surface area contributed by atoms with E-state index >= 15 is 0 Å². The molecule has 0 radical (unpaired) electrons. The van der Waals surface area contributed by atoms with Crippen LogP contribution in [0.5, 0.6) is 0 Å². The van der Waals surface area contributed by atoms with Gasteiger partial charge in [-0.25, -0.2) is 8.78 Å². The van der Waals surface area contributed by atoms with E-state index in [0.717, 1.165) is 38.9 Å². The van der Waals surface area contributed by atoms with E-state index in [1.807, 2.05) is 0 Å². The van der Waals surface area contributed by atoms with Gasteiger partial charge in [0.15, 0.2) is 0 Å². The lowest BCUT2D eigenvalue weighted by atomic mass is 9.80. The monoisotopic (exact) mass is 309 g/mol. The fraction of sp³-hybridized carbons (Fsp3) is 0.647. The van der Waals surface area contributed by atoms with Crippen molar-refractivity contribution in [2.24, 2.45) is 5.92 Å². The van der Waals surface area contributed by atoms with Gasteiger partial charge in [0.2, 0.25) is 0 Å². The molecular formula is C17H25F2N3. The van der Waals surface area contributed by atoms with Gasteiger partial charge in [0.25, 0.3) is 0 Å². The maximum absolute atomic E-state index is 14.1. The molecule has 5 heteroatoms. The molecule has 1 aromatic rings. The Labute approximate surface area is 131 Å². The summed E-state index contributed by atoms with van der Waals surface area (Å²) in [5, 5.41) is 0. The molecule has 122 valence electrons. The highest BCUT2D eigenvalue weighted by Crippen LogP contribution is 2.34.